The van der Waals surface area contributed by atoms with Crippen molar-refractivity contribution < 1.29 is 9.90 Å². The molecule has 0 unspecified atom stereocenters. The second-order valence-corrected chi connectivity index (χ2v) is 4.52. The molecule has 1 heterocycles. The predicted molar refractivity (Wildman–Crippen MR) is 65.1 cm³/mol. The zero-order chi connectivity index (χ0) is 11.5. The molecule has 16 heavy (non-hydrogen) atoms. The lowest BCUT2D eigenvalue weighted by Crippen LogP contribution is -2.01. The third kappa shape index (κ3) is 2.02. The van der Waals surface area contributed by atoms with Gasteiger partial charge in [-0.15, -0.1) is 11.8 Å². The lowest BCUT2D eigenvalue weighted by atomic mass is 10.1. The maximum Gasteiger partial charge on any atom is 0.354 e. The van der Waals surface area contributed by atoms with Gasteiger partial charge in [-0.1, -0.05) is 31.2 Å². The summed E-state index contributed by atoms with van der Waals surface area (Å²) in [6.45, 7) is 2.02. The van der Waals surface area contributed by atoms with Gasteiger partial charge in [-0.05, 0) is 17.2 Å². The lowest BCUT2D eigenvalue weighted by Gasteiger charge is -2.05. The Morgan fingerprint density at radius 2 is 2.19 bits per heavy atom. The maximum atomic E-state index is 10.9. The first-order valence-electron chi connectivity index (χ1n) is 4.98. The highest BCUT2D eigenvalue weighted by atomic mass is 32.2. The number of hydrogen-bond donors (Lipinski definition) is 1. The van der Waals surface area contributed by atoms with E-state index in [1.54, 1.807) is 17.8 Å². The number of hydrogen-bond acceptors (Lipinski definition) is 3. The zero-order valence-electron chi connectivity index (χ0n) is 8.80. The van der Waals surface area contributed by atoms with Gasteiger partial charge in [-0.3, -0.25) is 0 Å². The highest BCUT2D eigenvalue weighted by Gasteiger charge is 2.10. The summed E-state index contributed by atoms with van der Waals surface area (Å²) in [7, 11) is 0. The molecule has 1 N–H and O–H groups in total. The number of benzene rings is 1. The Kier molecular flexibility index (Phi) is 3.10. The Bertz CT molecular complexity index is 540. The molecule has 0 bridgehead atoms. The van der Waals surface area contributed by atoms with Crippen LogP contribution in [0.25, 0.3) is 10.8 Å². The molecule has 0 fully saturated rings. The molecule has 1 aromatic heterocycles. The van der Waals surface area contributed by atoms with Crippen molar-refractivity contribution in [1.82, 2.24) is 4.98 Å². The molecule has 0 aliphatic heterocycles. The molecule has 0 spiro atoms. The Morgan fingerprint density at radius 1 is 1.44 bits per heavy atom. The number of aromatic nitrogens is 1. The van der Waals surface area contributed by atoms with Crippen LogP contribution in [0.5, 0.6) is 0 Å². The number of aromatic carboxylic acids is 1. The summed E-state index contributed by atoms with van der Waals surface area (Å²) in [4.78, 5) is 15.1. The Morgan fingerprint density at radius 3 is 2.88 bits per heavy atom. The average Bonchev–Trinajstić information content (AvgIpc) is 2.29. The highest BCUT2D eigenvalue weighted by molar-refractivity contribution is 7.99. The first kappa shape index (κ1) is 11.0. The molecule has 4 heteroatoms. The molecular weight excluding hydrogens is 222 g/mol. The summed E-state index contributed by atoms with van der Waals surface area (Å²) in [5.41, 5.74) is 0.106. The smallest absolute Gasteiger partial charge is 0.354 e. The number of carboxylic acid groups (broad SMARTS) is 1. The van der Waals surface area contributed by atoms with Gasteiger partial charge >= 0.3 is 5.97 Å². The summed E-state index contributed by atoms with van der Waals surface area (Å²) in [5, 5.41) is 11.7. The van der Waals surface area contributed by atoms with Crippen molar-refractivity contribution >= 4 is 28.5 Å². The Balaban J connectivity index is 2.68. The van der Waals surface area contributed by atoms with Crippen LogP contribution in [0.2, 0.25) is 0 Å². The van der Waals surface area contributed by atoms with Crippen molar-refractivity contribution in [3.63, 3.8) is 0 Å². The van der Waals surface area contributed by atoms with Crippen LogP contribution in [-0.2, 0) is 0 Å². The van der Waals surface area contributed by atoms with Gasteiger partial charge in [0, 0.05) is 5.39 Å². The van der Waals surface area contributed by atoms with Gasteiger partial charge in [0.15, 0.2) is 0 Å². The fourth-order valence-electron chi connectivity index (χ4n) is 1.52. The monoisotopic (exact) mass is 233 g/mol. The van der Waals surface area contributed by atoms with E-state index in [-0.39, 0.29) is 5.69 Å². The highest BCUT2D eigenvalue weighted by Crippen LogP contribution is 2.26. The maximum absolute atomic E-state index is 10.9. The van der Waals surface area contributed by atoms with Crippen LogP contribution in [0.3, 0.4) is 0 Å². The van der Waals surface area contributed by atoms with Crippen LogP contribution in [0.4, 0.5) is 0 Å². The van der Waals surface area contributed by atoms with E-state index in [1.807, 2.05) is 31.2 Å². The van der Waals surface area contributed by atoms with E-state index in [0.29, 0.717) is 0 Å². The van der Waals surface area contributed by atoms with Crippen LogP contribution < -0.4 is 0 Å². The van der Waals surface area contributed by atoms with Gasteiger partial charge in [0.05, 0.1) is 0 Å². The molecule has 2 rings (SSSR count). The largest absolute Gasteiger partial charge is 0.477 e. The molecule has 0 aliphatic rings. The number of fused-ring (bicyclic) bond motifs is 1. The molecule has 82 valence electrons. The summed E-state index contributed by atoms with van der Waals surface area (Å²) in [5.74, 6) is -0.108. The number of carbonyl (C=O) groups is 1. The number of thioether (sulfide) groups is 1. The standard InChI is InChI=1S/C12H11NO2S/c1-2-16-11-9-6-4-3-5-8(9)7-10(13-11)12(14)15/h3-7H,2H2,1H3,(H,14,15). The summed E-state index contributed by atoms with van der Waals surface area (Å²) >= 11 is 1.56. The number of rotatable bonds is 3. The Hall–Kier alpha value is -1.55. The van der Waals surface area contributed by atoms with Crippen molar-refractivity contribution in [2.75, 3.05) is 5.75 Å². The van der Waals surface area contributed by atoms with Gasteiger partial charge in [-0.25, -0.2) is 9.78 Å². The van der Waals surface area contributed by atoms with Crippen molar-refractivity contribution in [3.8, 4) is 0 Å². The number of pyridine rings is 1. The van der Waals surface area contributed by atoms with E-state index in [0.717, 1.165) is 21.6 Å². The third-order valence-electron chi connectivity index (χ3n) is 2.21. The van der Waals surface area contributed by atoms with E-state index < -0.39 is 5.97 Å². The fourth-order valence-corrected chi connectivity index (χ4v) is 2.30. The van der Waals surface area contributed by atoms with E-state index in [1.165, 1.54) is 0 Å². The molecule has 0 aliphatic carbocycles. The predicted octanol–water partition coefficient (Wildman–Crippen LogP) is 3.05. The molecule has 0 radical (unpaired) electrons. The minimum atomic E-state index is -0.983. The number of carboxylic acids is 1. The minimum absolute atomic E-state index is 0.106. The van der Waals surface area contributed by atoms with Crippen molar-refractivity contribution in [2.45, 2.75) is 11.9 Å². The second-order valence-electron chi connectivity index (χ2n) is 3.27. The van der Waals surface area contributed by atoms with E-state index in [9.17, 15) is 4.79 Å². The first-order valence-corrected chi connectivity index (χ1v) is 5.97. The van der Waals surface area contributed by atoms with Crippen molar-refractivity contribution in [3.05, 3.63) is 36.0 Å². The first-order chi connectivity index (χ1) is 7.72. The molecule has 0 amide bonds. The van der Waals surface area contributed by atoms with E-state index in [4.69, 9.17) is 5.11 Å². The third-order valence-corrected chi connectivity index (χ3v) is 3.08. The van der Waals surface area contributed by atoms with Gasteiger partial charge in [0.1, 0.15) is 10.7 Å². The van der Waals surface area contributed by atoms with Gasteiger partial charge < -0.3 is 5.11 Å². The van der Waals surface area contributed by atoms with Crippen LogP contribution >= 0.6 is 11.8 Å². The molecular formula is C12H11NO2S. The van der Waals surface area contributed by atoms with Crippen molar-refractivity contribution in [1.29, 1.82) is 0 Å². The summed E-state index contributed by atoms with van der Waals surface area (Å²) in [6.07, 6.45) is 0. The van der Waals surface area contributed by atoms with Gasteiger partial charge in [-0.2, -0.15) is 0 Å². The van der Waals surface area contributed by atoms with Gasteiger partial charge in [0.25, 0.3) is 0 Å². The Labute approximate surface area is 97.5 Å². The van der Waals surface area contributed by atoms with E-state index >= 15 is 0 Å². The molecule has 1 aromatic carbocycles. The summed E-state index contributed by atoms with van der Waals surface area (Å²) < 4.78 is 0. The van der Waals surface area contributed by atoms with Crippen LogP contribution in [0.1, 0.15) is 17.4 Å². The van der Waals surface area contributed by atoms with Crippen LogP contribution in [-0.4, -0.2) is 21.8 Å². The van der Waals surface area contributed by atoms with Crippen LogP contribution in [0.15, 0.2) is 35.4 Å². The fraction of sp³-hybridized carbons (Fsp3) is 0.167. The SMILES string of the molecule is CCSc1nc(C(=O)O)cc2ccccc12. The van der Waals surface area contributed by atoms with E-state index in [2.05, 4.69) is 4.98 Å². The second kappa shape index (κ2) is 4.53. The lowest BCUT2D eigenvalue weighted by molar-refractivity contribution is 0.0690. The topological polar surface area (TPSA) is 50.2 Å². The average molecular weight is 233 g/mol. The molecule has 0 saturated heterocycles. The minimum Gasteiger partial charge on any atom is -0.477 e. The quantitative estimate of drug-likeness (QED) is 0.828. The zero-order valence-corrected chi connectivity index (χ0v) is 9.62. The summed E-state index contributed by atoms with van der Waals surface area (Å²) in [6, 6.07) is 9.31. The van der Waals surface area contributed by atoms with Crippen molar-refractivity contribution in [2.24, 2.45) is 0 Å². The molecule has 0 saturated carbocycles. The number of nitrogens with zero attached hydrogens (tertiary/aromatic N) is 1. The molecule has 0 atom stereocenters. The molecule has 3 nitrogen and oxygen atoms in total. The normalized spacial score (nSPS) is 10.6. The van der Waals surface area contributed by atoms with Gasteiger partial charge in [0.2, 0.25) is 0 Å². The van der Waals surface area contributed by atoms with Crippen LogP contribution in [0, 0.1) is 0 Å². The molecule has 2 aromatic rings.